The second-order valence-corrected chi connectivity index (χ2v) is 9.04. The molecule has 168 valence electrons. The molecule has 33 heavy (non-hydrogen) atoms. The van der Waals surface area contributed by atoms with Gasteiger partial charge in [0.05, 0.1) is 5.92 Å². The van der Waals surface area contributed by atoms with E-state index in [1.54, 1.807) is 4.90 Å². The molecule has 3 atom stereocenters. The molecule has 3 aromatic rings. The average Bonchev–Trinajstić information content (AvgIpc) is 3.31. The predicted octanol–water partition coefficient (Wildman–Crippen LogP) is 4.55. The zero-order chi connectivity index (χ0) is 22.8. The topological polar surface area (TPSA) is 69.6 Å². The molecule has 2 aliphatic heterocycles. The molecule has 0 aliphatic carbocycles. The molecule has 0 radical (unpaired) electrons. The minimum absolute atomic E-state index is 0.0932. The SMILES string of the molecule is O=C(O)[C@@H]1C[C@H](C2CCc3ccccc3N2)CN1C(=O)C(c1ccccc1)c1ccccc1. The van der Waals surface area contributed by atoms with Crippen molar-refractivity contribution >= 4 is 17.6 Å². The number of hydrogen-bond donors (Lipinski definition) is 2. The van der Waals surface area contributed by atoms with Crippen LogP contribution in [0.1, 0.15) is 35.4 Å². The summed E-state index contributed by atoms with van der Waals surface area (Å²) in [7, 11) is 0. The Balaban J connectivity index is 1.43. The quantitative estimate of drug-likeness (QED) is 0.611. The molecular weight excluding hydrogens is 412 g/mol. The first-order chi connectivity index (χ1) is 16.1. The van der Waals surface area contributed by atoms with Gasteiger partial charge >= 0.3 is 5.97 Å². The summed E-state index contributed by atoms with van der Waals surface area (Å²) in [6, 6.07) is 26.9. The number of aliphatic carboxylic acids is 1. The maximum Gasteiger partial charge on any atom is 0.326 e. The first-order valence-corrected chi connectivity index (χ1v) is 11.6. The van der Waals surface area contributed by atoms with Crippen LogP contribution in [0.5, 0.6) is 0 Å². The molecule has 2 aliphatic rings. The van der Waals surface area contributed by atoms with Crippen LogP contribution in [0.3, 0.4) is 0 Å². The van der Waals surface area contributed by atoms with Crippen molar-refractivity contribution in [2.24, 2.45) is 5.92 Å². The van der Waals surface area contributed by atoms with Crippen molar-refractivity contribution in [1.82, 2.24) is 4.90 Å². The highest BCUT2D eigenvalue weighted by atomic mass is 16.4. The highest BCUT2D eigenvalue weighted by Crippen LogP contribution is 2.36. The van der Waals surface area contributed by atoms with Crippen LogP contribution in [0.4, 0.5) is 5.69 Å². The standard InChI is InChI=1S/C28H28N2O3/c31-27(26(20-10-3-1-4-11-20)21-12-5-2-6-13-21)30-18-22(17-25(30)28(32)33)24-16-15-19-9-7-8-14-23(19)29-24/h1-14,22,24-26,29H,15-18H2,(H,32,33)/t22-,24?,25-/m0/s1. The lowest BCUT2D eigenvalue weighted by Crippen LogP contribution is -2.43. The number of nitrogens with zero attached hydrogens (tertiary/aromatic N) is 1. The van der Waals surface area contributed by atoms with Crippen molar-refractivity contribution in [3.05, 3.63) is 102 Å². The summed E-state index contributed by atoms with van der Waals surface area (Å²) in [6.07, 6.45) is 2.38. The second-order valence-electron chi connectivity index (χ2n) is 9.04. The van der Waals surface area contributed by atoms with Gasteiger partial charge in [0.2, 0.25) is 5.91 Å². The number of hydrogen-bond acceptors (Lipinski definition) is 3. The van der Waals surface area contributed by atoms with Crippen molar-refractivity contribution < 1.29 is 14.7 Å². The Bertz CT molecular complexity index is 1090. The summed E-state index contributed by atoms with van der Waals surface area (Å²) < 4.78 is 0. The van der Waals surface area contributed by atoms with Crippen molar-refractivity contribution in [3.63, 3.8) is 0 Å². The van der Waals surface area contributed by atoms with Crippen LogP contribution in [0.2, 0.25) is 0 Å². The van der Waals surface area contributed by atoms with Gasteiger partial charge in [0.25, 0.3) is 0 Å². The molecule has 0 saturated carbocycles. The lowest BCUT2D eigenvalue weighted by Gasteiger charge is -2.31. The molecule has 1 saturated heterocycles. The van der Waals surface area contributed by atoms with E-state index in [-0.39, 0.29) is 17.9 Å². The van der Waals surface area contributed by atoms with Gasteiger partial charge in [-0.15, -0.1) is 0 Å². The maximum atomic E-state index is 13.9. The van der Waals surface area contributed by atoms with E-state index in [1.165, 1.54) is 5.56 Å². The van der Waals surface area contributed by atoms with E-state index < -0.39 is 17.9 Å². The van der Waals surface area contributed by atoms with Crippen molar-refractivity contribution in [3.8, 4) is 0 Å². The number of likely N-dealkylation sites (tertiary alicyclic amines) is 1. The average molecular weight is 441 g/mol. The van der Waals surface area contributed by atoms with Crippen LogP contribution in [0, 0.1) is 5.92 Å². The third kappa shape index (κ3) is 4.23. The highest BCUT2D eigenvalue weighted by Gasteiger charge is 2.45. The molecule has 5 rings (SSSR count). The molecule has 0 spiro atoms. The van der Waals surface area contributed by atoms with Crippen molar-refractivity contribution in [1.29, 1.82) is 0 Å². The number of anilines is 1. The monoisotopic (exact) mass is 440 g/mol. The largest absolute Gasteiger partial charge is 0.480 e. The molecule has 2 heterocycles. The first-order valence-electron chi connectivity index (χ1n) is 11.6. The van der Waals surface area contributed by atoms with Crippen LogP contribution in [-0.2, 0) is 16.0 Å². The van der Waals surface area contributed by atoms with E-state index in [1.807, 2.05) is 72.8 Å². The Morgan fingerprint density at radius 2 is 1.48 bits per heavy atom. The smallest absolute Gasteiger partial charge is 0.326 e. The van der Waals surface area contributed by atoms with Gasteiger partial charge in [-0.3, -0.25) is 4.79 Å². The lowest BCUT2D eigenvalue weighted by molar-refractivity contribution is -0.148. The van der Waals surface area contributed by atoms with Crippen LogP contribution in [-0.4, -0.2) is 40.5 Å². The maximum absolute atomic E-state index is 13.9. The van der Waals surface area contributed by atoms with Crippen LogP contribution >= 0.6 is 0 Å². The molecular formula is C28H28N2O3. The van der Waals surface area contributed by atoms with Gasteiger partial charge in [-0.1, -0.05) is 78.9 Å². The molecule has 1 amide bonds. The van der Waals surface area contributed by atoms with Crippen LogP contribution in [0.25, 0.3) is 0 Å². The fourth-order valence-electron chi connectivity index (χ4n) is 5.39. The predicted molar refractivity (Wildman–Crippen MR) is 128 cm³/mol. The van der Waals surface area contributed by atoms with Gasteiger partial charge in [-0.2, -0.15) is 0 Å². The van der Waals surface area contributed by atoms with Gasteiger partial charge in [-0.05, 0) is 47.9 Å². The number of fused-ring (bicyclic) bond motifs is 1. The van der Waals surface area contributed by atoms with Crippen molar-refractivity contribution in [2.45, 2.75) is 37.3 Å². The van der Waals surface area contributed by atoms with E-state index in [0.717, 1.165) is 29.7 Å². The Kier molecular flexibility index (Phi) is 5.86. The summed E-state index contributed by atoms with van der Waals surface area (Å²) in [5.41, 5.74) is 4.18. The van der Waals surface area contributed by atoms with Crippen LogP contribution < -0.4 is 5.32 Å². The third-order valence-corrected chi connectivity index (χ3v) is 7.07. The Hall–Kier alpha value is -3.60. The number of carbonyl (C=O) groups excluding carboxylic acids is 1. The summed E-state index contributed by atoms with van der Waals surface area (Å²) in [6.45, 7) is 0.450. The number of aryl methyl sites for hydroxylation is 1. The number of benzene rings is 3. The summed E-state index contributed by atoms with van der Waals surface area (Å²) in [4.78, 5) is 27.8. The number of carboxylic acids is 1. The zero-order valence-corrected chi connectivity index (χ0v) is 18.4. The molecule has 2 N–H and O–H groups in total. The normalized spacial score (nSPS) is 22.0. The molecule has 5 heteroatoms. The number of carboxylic acid groups (broad SMARTS) is 1. The van der Waals surface area contributed by atoms with E-state index in [4.69, 9.17) is 0 Å². The number of nitrogens with one attached hydrogen (secondary N) is 1. The first kappa shape index (κ1) is 21.3. The molecule has 0 bridgehead atoms. The number of para-hydroxylation sites is 1. The molecule has 1 unspecified atom stereocenters. The van der Waals surface area contributed by atoms with E-state index in [0.29, 0.717) is 13.0 Å². The minimum atomic E-state index is -0.929. The fourth-order valence-corrected chi connectivity index (χ4v) is 5.39. The fraction of sp³-hybridized carbons (Fsp3) is 0.286. The van der Waals surface area contributed by atoms with E-state index in [2.05, 4.69) is 17.4 Å². The third-order valence-electron chi connectivity index (χ3n) is 7.07. The van der Waals surface area contributed by atoms with E-state index >= 15 is 0 Å². The van der Waals surface area contributed by atoms with Gasteiger partial charge in [0.15, 0.2) is 0 Å². The summed E-state index contributed by atoms with van der Waals surface area (Å²) in [5.74, 6) is -1.50. The number of amides is 1. The molecule has 1 fully saturated rings. The highest BCUT2D eigenvalue weighted by molar-refractivity contribution is 5.91. The Labute approximate surface area is 194 Å². The number of rotatable bonds is 5. The van der Waals surface area contributed by atoms with E-state index in [9.17, 15) is 14.7 Å². The molecule has 3 aromatic carbocycles. The van der Waals surface area contributed by atoms with Gasteiger partial charge in [-0.25, -0.2) is 4.79 Å². The summed E-state index contributed by atoms with van der Waals surface area (Å²) >= 11 is 0. The van der Waals surface area contributed by atoms with Crippen molar-refractivity contribution in [2.75, 3.05) is 11.9 Å². The molecule has 0 aromatic heterocycles. The number of carbonyl (C=O) groups is 2. The Morgan fingerprint density at radius 3 is 2.12 bits per heavy atom. The summed E-state index contributed by atoms with van der Waals surface area (Å²) in [5, 5.41) is 13.6. The molecule has 5 nitrogen and oxygen atoms in total. The van der Waals surface area contributed by atoms with Gasteiger partial charge in [0.1, 0.15) is 6.04 Å². The second kappa shape index (κ2) is 9.10. The zero-order valence-electron chi connectivity index (χ0n) is 18.4. The van der Waals surface area contributed by atoms with Crippen LogP contribution in [0.15, 0.2) is 84.9 Å². The Morgan fingerprint density at radius 1 is 0.879 bits per heavy atom. The van der Waals surface area contributed by atoms with Gasteiger partial charge < -0.3 is 15.3 Å². The lowest BCUT2D eigenvalue weighted by atomic mass is 9.88. The minimum Gasteiger partial charge on any atom is -0.480 e. The van der Waals surface area contributed by atoms with Gasteiger partial charge in [0, 0.05) is 18.3 Å².